The highest BCUT2D eigenvalue weighted by molar-refractivity contribution is 5.99. The van der Waals surface area contributed by atoms with Crippen LogP contribution in [0.5, 0.6) is 5.75 Å². The number of ether oxygens (including phenoxy) is 1. The molecule has 0 bridgehead atoms. The number of nitrogens with zero attached hydrogens (tertiary/aromatic N) is 3. The van der Waals surface area contributed by atoms with Gasteiger partial charge in [0.15, 0.2) is 5.65 Å². The Hall–Kier alpha value is -2.89. The molecule has 2 heterocycles. The Labute approximate surface area is 140 Å². The standard InChI is InChI=1S/C18H20N4O2/c1-4-16(13-5-7-14(24-3)8-6-13)21-18(23)15-11-19-22-10-9-12(2)20-17(15)22/h5-11,16H,4H2,1-3H3,(H,21,23). The van der Waals surface area contributed by atoms with Gasteiger partial charge >= 0.3 is 0 Å². The van der Waals surface area contributed by atoms with E-state index in [1.54, 1.807) is 24.0 Å². The molecule has 1 atom stereocenters. The monoisotopic (exact) mass is 324 g/mol. The summed E-state index contributed by atoms with van der Waals surface area (Å²) < 4.78 is 6.78. The molecular formula is C18H20N4O2. The topological polar surface area (TPSA) is 68.5 Å². The van der Waals surface area contributed by atoms with Crippen molar-refractivity contribution in [3.8, 4) is 5.75 Å². The molecule has 0 spiro atoms. The minimum Gasteiger partial charge on any atom is -0.497 e. The number of aromatic nitrogens is 3. The highest BCUT2D eigenvalue weighted by Gasteiger charge is 2.18. The highest BCUT2D eigenvalue weighted by Crippen LogP contribution is 2.21. The molecule has 0 aliphatic rings. The van der Waals surface area contributed by atoms with Gasteiger partial charge < -0.3 is 10.1 Å². The number of aryl methyl sites for hydroxylation is 1. The molecule has 2 aromatic heterocycles. The van der Waals surface area contributed by atoms with Crippen molar-refractivity contribution < 1.29 is 9.53 Å². The zero-order chi connectivity index (χ0) is 17.1. The third kappa shape index (κ3) is 3.08. The van der Waals surface area contributed by atoms with Crippen molar-refractivity contribution in [3.05, 3.63) is 59.5 Å². The van der Waals surface area contributed by atoms with Crippen LogP contribution in [-0.2, 0) is 0 Å². The van der Waals surface area contributed by atoms with Crippen LogP contribution >= 0.6 is 0 Å². The summed E-state index contributed by atoms with van der Waals surface area (Å²) in [4.78, 5) is 17.1. The zero-order valence-corrected chi connectivity index (χ0v) is 14.0. The van der Waals surface area contributed by atoms with Gasteiger partial charge in [-0.2, -0.15) is 5.10 Å². The van der Waals surface area contributed by atoms with E-state index in [1.165, 1.54) is 0 Å². The van der Waals surface area contributed by atoms with E-state index in [2.05, 4.69) is 15.4 Å². The van der Waals surface area contributed by atoms with E-state index in [1.807, 2.05) is 44.2 Å². The first-order valence-corrected chi connectivity index (χ1v) is 7.88. The quantitative estimate of drug-likeness (QED) is 0.783. The van der Waals surface area contributed by atoms with Crippen molar-refractivity contribution in [3.63, 3.8) is 0 Å². The number of hydrogen-bond donors (Lipinski definition) is 1. The van der Waals surface area contributed by atoms with Crippen LogP contribution in [0.2, 0.25) is 0 Å². The van der Waals surface area contributed by atoms with Gasteiger partial charge in [-0.3, -0.25) is 4.79 Å². The van der Waals surface area contributed by atoms with Crippen LogP contribution in [0.1, 0.15) is 41.0 Å². The van der Waals surface area contributed by atoms with Crippen LogP contribution < -0.4 is 10.1 Å². The van der Waals surface area contributed by atoms with Gasteiger partial charge in [0.2, 0.25) is 0 Å². The maximum atomic E-state index is 12.7. The number of nitrogens with one attached hydrogen (secondary N) is 1. The molecule has 1 unspecified atom stereocenters. The lowest BCUT2D eigenvalue weighted by Gasteiger charge is -2.17. The first-order valence-electron chi connectivity index (χ1n) is 7.88. The highest BCUT2D eigenvalue weighted by atomic mass is 16.5. The van der Waals surface area contributed by atoms with Crippen LogP contribution in [0.15, 0.2) is 42.7 Å². The molecule has 0 saturated heterocycles. The minimum absolute atomic E-state index is 0.0804. The number of amides is 1. The minimum atomic E-state index is -0.175. The molecule has 3 aromatic rings. The van der Waals surface area contributed by atoms with E-state index in [-0.39, 0.29) is 11.9 Å². The number of hydrogen-bond acceptors (Lipinski definition) is 4. The molecule has 0 radical (unpaired) electrons. The second-order valence-electron chi connectivity index (χ2n) is 5.60. The Kier molecular flexibility index (Phi) is 4.46. The summed E-state index contributed by atoms with van der Waals surface area (Å²) in [5.41, 5.74) is 2.93. The average Bonchev–Trinajstić information content (AvgIpc) is 3.02. The van der Waals surface area contributed by atoms with E-state index in [0.717, 1.165) is 23.4 Å². The molecule has 0 aliphatic carbocycles. The fraction of sp³-hybridized carbons (Fsp3) is 0.278. The van der Waals surface area contributed by atoms with Crippen LogP contribution in [0.3, 0.4) is 0 Å². The summed E-state index contributed by atoms with van der Waals surface area (Å²) in [6, 6.07) is 9.49. The van der Waals surface area contributed by atoms with E-state index in [0.29, 0.717) is 11.2 Å². The molecule has 3 rings (SSSR count). The van der Waals surface area contributed by atoms with Crippen molar-refractivity contribution in [1.29, 1.82) is 0 Å². The second-order valence-corrected chi connectivity index (χ2v) is 5.60. The Morgan fingerprint density at radius 2 is 2.04 bits per heavy atom. The largest absolute Gasteiger partial charge is 0.497 e. The predicted octanol–water partition coefficient (Wildman–Crippen LogP) is 2.93. The Morgan fingerprint density at radius 3 is 2.71 bits per heavy atom. The Morgan fingerprint density at radius 1 is 1.29 bits per heavy atom. The van der Waals surface area contributed by atoms with E-state index < -0.39 is 0 Å². The molecule has 1 amide bonds. The molecule has 0 aliphatic heterocycles. The van der Waals surface area contributed by atoms with Gasteiger partial charge in [0, 0.05) is 11.9 Å². The molecule has 24 heavy (non-hydrogen) atoms. The number of methoxy groups -OCH3 is 1. The van der Waals surface area contributed by atoms with E-state index in [9.17, 15) is 4.79 Å². The number of carbonyl (C=O) groups is 1. The lowest BCUT2D eigenvalue weighted by Crippen LogP contribution is -2.28. The summed E-state index contributed by atoms with van der Waals surface area (Å²) in [6.07, 6.45) is 4.14. The fourth-order valence-electron chi connectivity index (χ4n) is 2.61. The van der Waals surface area contributed by atoms with Gasteiger partial charge in [0.25, 0.3) is 5.91 Å². The first-order chi connectivity index (χ1) is 11.6. The number of fused-ring (bicyclic) bond motifs is 1. The van der Waals surface area contributed by atoms with E-state index in [4.69, 9.17) is 4.74 Å². The molecule has 0 saturated carbocycles. The summed E-state index contributed by atoms with van der Waals surface area (Å²) >= 11 is 0. The smallest absolute Gasteiger partial charge is 0.257 e. The average molecular weight is 324 g/mol. The summed E-state index contributed by atoms with van der Waals surface area (Å²) in [5, 5.41) is 7.25. The van der Waals surface area contributed by atoms with Gasteiger partial charge in [0.1, 0.15) is 11.3 Å². The molecule has 1 N–H and O–H groups in total. The molecule has 124 valence electrons. The normalized spacial score (nSPS) is 12.1. The van der Waals surface area contributed by atoms with Gasteiger partial charge in [-0.1, -0.05) is 19.1 Å². The van der Waals surface area contributed by atoms with Crippen LogP contribution in [-0.4, -0.2) is 27.6 Å². The molecule has 0 fully saturated rings. The van der Waals surface area contributed by atoms with Crippen LogP contribution in [0.25, 0.3) is 5.65 Å². The van der Waals surface area contributed by atoms with Gasteiger partial charge in [-0.25, -0.2) is 9.50 Å². The molecule has 6 nitrogen and oxygen atoms in total. The third-order valence-corrected chi connectivity index (χ3v) is 3.98. The Bertz CT molecular complexity index is 855. The SMILES string of the molecule is CCC(NC(=O)c1cnn2ccc(C)nc12)c1ccc(OC)cc1. The molecule has 1 aromatic carbocycles. The maximum absolute atomic E-state index is 12.7. The van der Waals surface area contributed by atoms with Gasteiger partial charge in [0.05, 0.1) is 19.3 Å². The van der Waals surface area contributed by atoms with Gasteiger partial charge in [-0.05, 0) is 37.1 Å². The van der Waals surface area contributed by atoms with Crippen molar-refractivity contribution in [2.75, 3.05) is 7.11 Å². The van der Waals surface area contributed by atoms with Crippen molar-refractivity contribution >= 4 is 11.6 Å². The number of rotatable bonds is 5. The van der Waals surface area contributed by atoms with Crippen molar-refractivity contribution in [2.45, 2.75) is 26.3 Å². The zero-order valence-electron chi connectivity index (χ0n) is 14.0. The van der Waals surface area contributed by atoms with Crippen LogP contribution in [0.4, 0.5) is 0 Å². The number of carbonyl (C=O) groups excluding carboxylic acids is 1. The summed E-state index contributed by atoms with van der Waals surface area (Å²) in [7, 11) is 1.63. The van der Waals surface area contributed by atoms with Crippen molar-refractivity contribution in [2.24, 2.45) is 0 Å². The summed E-state index contributed by atoms with van der Waals surface area (Å²) in [6.45, 7) is 3.93. The number of benzene rings is 1. The first kappa shape index (κ1) is 16.0. The summed E-state index contributed by atoms with van der Waals surface area (Å²) in [5.74, 6) is 0.619. The lowest BCUT2D eigenvalue weighted by atomic mass is 10.0. The lowest BCUT2D eigenvalue weighted by molar-refractivity contribution is 0.0937. The third-order valence-electron chi connectivity index (χ3n) is 3.98. The fourth-order valence-corrected chi connectivity index (χ4v) is 2.61. The van der Waals surface area contributed by atoms with Crippen LogP contribution in [0, 0.1) is 6.92 Å². The molecule has 6 heteroatoms. The predicted molar refractivity (Wildman–Crippen MR) is 91.2 cm³/mol. The van der Waals surface area contributed by atoms with Crippen molar-refractivity contribution in [1.82, 2.24) is 19.9 Å². The van der Waals surface area contributed by atoms with E-state index >= 15 is 0 Å². The molecular weight excluding hydrogens is 304 g/mol. The second kappa shape index (κ2) is 6.70. The van der Waals surface area contributed by atoms with Gasteiger partial charge in [-0.15, -0.1) is 0 Å². The maximum Gasteiger partial charge on any atom is 0.257 e. The Balaban J connectivity index is 1.84.